The second-order valence-electron chi connectivity index (χ2n) is 5.64. The van der Waals surface area contributed by atoms with Crippen molar-refractivity contribution in [2.24, 2.45) is 0 Å². The van der Waals surface area contributed by atoms with Gasteiger partial charge in [0.15, 0.2) is 17.3 Å². The Bertz CT molecular complexity index is 975. The Balaban J connectivity index is 1.77. The van der Waals surface area contributed by atoms with Crippen LogP contribution < -0.4 is 14.8 Å². The third-order valence-electron chi connectivity index (χ3n) is 3.88. The molecule has 0 radical (unpaired) electrons. The zero-order chi connectivity index (χ0) is 19.4. The first-order valence-electron chi connectivity index (χ1n) is 8.01. The number of methoxy groups -OCH3 is 2. The van der Waals surface area contributed by atoms with E-state index in [4.69, 9.17) is 9.47 Å². The third kappa shape index (κ3) is 4.28. The highest BCUT2D eigenvalue weighted by Crippen LogP contribution is 2.28. The number of ether oxygens (including phenoxy) is 2. The Morgan fingerprint density at radius 1 is 1.19 bits per heavy atom. The summed E-state index contributed by atoms with van der Waals surface area (Å²) in [6, 6.07) is 11.3. The topological polar surface area (TPSA) is 65.4 Å². The molecule has 3 rings (SSSR count). The van der Waals surface area contributed by atoms with Gasteiger partial charge in [0.2, 0.25) is 0 Å². The second-order valence-corrected chi connectivity index (χ2v) is 6.49. The molecule has 0 spiro atoms. The van der Waals surface area contributed by atoms with Crippen LogP contribution in [0.25, 0.3) is 0 Å². The largest absolute Gasteiger partial charge is 0.493 e. The van der Waals surface area contributed by atoms with Crippen molar-refractivity contribution in [3.05, 3.63) is 70.1 Å². The fourth-order valence-corrected chi connectivity index (χ4v) is 2.94. The predicted molar refractivity (Wildman–Crippen MR) is 103 cm³/mol. The van der Waals surface area contributed by atoms with E-state index in [1.807, 2.05) is 0 Å². The van der Waals surface area contributed by atoms with Crippen molar-refractivity contribution in [3.63, 3.8) is 0 Å². The molecule has 0 aliphatic carbocycles. The molecule has 0 saturated heterocycles. The minimum absolute atomic E-state index is 0.248. The van der Waals surface area contributed by atoms with E-state index in [1.54, 1.807) is 47.3 Å². The maximum atomic E-state index is 13.8. The van der Waals surface area contributed by atoms with Gasteiger partial charge in [0, 0.05) is 17.3 Å². The molecule has 1 aromatic heterocycles. The number of anilines is 1. The van der Waals surface area contributed by atoms with Crippen LogP contribution in [0.1, 0.15) is 15.9 Å². The van der Waals surface area contributed by atoms with Gasteiger partial charge in [-0.25, -0.2) is 4.39 Å². The first-order valence-corrected chi connectivity index (χ1v) is 8.81. The van der Waals surface area contributed by atoms with Crippen molar-refractivity contribution in [1.82, 2.24) is 9.78 Å². The molecule has 1 N–H and O–H groups in total. The zero-order valence-corrected chi connectivity index (χ0v) is 16.3. The molecule has 140 valence electrons. The molecule has 6 nitrogen and oxygen atoms in total. The summed E-state index contributed by atoms with van der Waals surface area (Å²) >= 11 is 3.36. The van der Waals surface area contributed by atoms with Gasteiger partial charge in [-0.1, -0.05) is 18.2 Å². The summed E-state index contributed by atoms with van der Waals surface area (Å²) in [7, 11) is 3.03. The van der Waals surface area contributed by atoms with Crippen LogP contribution in [0.3, 0.4) is 0 Å². The number of amides is 1. The molecule has 0 aliphatic heterocycles. The molecule has 0 unspecified atom stereocenters. The third-order valence-corrected chi connectivity index (χ3v) is 4.47. The van der Waals surface area contributed by atoms with E-state index in [0.717, 1.165) is 0 Å². The van der Waals surface area contributed by atoms with Gasteiger partial charge in [-0.15, -0.1) is 0 Å². The summed E-state index contributed by atoms with van der Waals surface area (Å²) in [5.41, 5.74) is 0.897. The van der Waals surface area contributed by atoms with Gasteiger partial charge in [-0.2, -0.15) is 5.10 Å². The van der Waals surface area contributed by atoms with Gasteiger partial charge >= 0.3 is 0 Å². The van der Waals surface area contributed by atoms with E-state index in [-0.39, 0.29) is 18.3 Å². The van der Waals surface area contributed by atoms with Crippen molar-refractivity contribution in [2.45, 2.75) is 6.54 Å². The number of nitrogens with one attached hydrogen (secondary N) is 1. The fraction of sp³-hybridized carbons (Fsp3) is 0.158. The van der Waals surface area contributed by atoms with Crippen molar-refractivity contribution >= 4 is 27.7 Å². The van der Waals surface area contributed by atoms with Crippen LogP contribution in [-0.4, -0.2) is 29.9 Å². The maximum Gasteiger partial charge on any atom is 0.257 e. The first kappa shape index (κ1) is 18.9. The van der Waals surface area contributed by atoms with Crippen molar-refractivity contribution in [2.75, 3.05) is 19.5 Å². The first-order chi connectivity index (χ1) is 13.0. The second kappa shape index (κ2) is 8.22. The van der Waals surface area contributed by atoms with Crippen LogP contribution in [-0.2, 0) is 6.54 Å². The highest BCUT2D eigenvalue weighted by Gasteiger charge is 2.15. The summed E-state index contributed by atoms with van der Waals surface area (Å²) in [5, 5.41) is 7.03. The van der Waals surface area contributed by atoms with Gasteiger partial charge < -0.3 is 14.8 Å². The predicted octanol–water partition coefficient (Wildman–Crippen LogP) is 4.10. The molecule has 0 aliphatic rings. The molecule has 2 aromatic carbocycles. The highest BCUT2D eigenvalue weighted by atomic mass is 79.9. The van der Waals surface area contributed by atoms with Crippen LogP contribution in [0.15, 0.2) is 53.1 Å². The van der Waals surface area contributed by atoms with E-state index in [9.17, 15) is 9.18 Å². The number of hydrogen-bond donors (Lipinski definition) is 1. The summed E-state index contributed by atoms with van der Waals surface area (Å²) < 4.78 is 26.3. The number of aromatic nitrogens is 2. The fourth-order valence-electron chi connectivity index (χ4n) is 2.52. The SMILES string of the molecule is COc1ccc(C(=O)Nc2nn(Cc3ccccc3F)cc2Br)cc1OC. The van der Waals surface area contributed by atoms with Gasteiger partial charge in [-0.05, 0) is 40.2 Å². The Morgan fingerprint density at radius 2 is 1.93 bits per heavy atom. The Hall–Kier alpha value is -2.87. The maximum absolute atomic E-state index is 13.8. The molecular weight excluding hydrogens is 417 g/mol. The normalized spacial score (nSPS) is 10.5. The lowest BCUT2D eigenvalue weighted by molar-refractivity contribution is 0.102. The number of halogens is 2. The molecule has 0 bridgehead atoms. The van der Waals surface area contributed by atoms with Crippen molar-refractivity contribution in [3.8, 4) is 11.5 Å². The summed E-state index contributed by atoms with van der Waals surface area (Å²) in [6.07, 6.45) is 1.68. The molecule has 0 fully saturated rings. The molecular formula is C19H17BrFN3O3. The average molecular weight is 434 g/mol. The molecule has 1 heterocycles. The van der Waals surface area contributed by atoms with Crippen molar-refractivity contribution < 1.29 is 18.7 Å². The van der Waals surface area contributed by atoms with Crippen LogP contribution in [0, 0.1) is 5.82 Å². The van der Waals surface area contributed by atoms with Gasteiger partial charge in [0.05, 0.1) is 25.2 Å². The standard InChI is InChI=1S/C19H17BrFN3O3/c1-26-16-8-7-12(9-17(16)27-2)19(25)22-18-14(20)11-24(23-18)10-13-5-3-4-6-15(13)21/h3-9,11H,10H2,1-2H3,(H,22,23,25). The lowest BCUT2D eigenvalue weighted by Gasteiger charge is -2.09. The smallest absolute Gasteiger partial charge is 0.257 e. The van der Waals surface area contributed by atoms with Gasteiger partial charge in [-0.3, -0.25) is 9.48 Å². The Kier molecular flexibility index (Phi) is 5.75. The lowest BCUT2D eigenvalue weighted by atomic mass is 10.2. The highest BCUT2D eigenvalue weighted by molar-refractivity contribution is 9.10. The van der Waals surface area contributed by atoms with E-state index in [0.29, 0.717) is 32.9 Å². The molecule has 8 heteroatoms. The number of nitrogens with zero attached hydrogens (tertiary/aromatic N) is 2. The number of carbonyl (C=O) groups excluding carboxylic acids is 1. The van der Waals surface area contributed by atoms with Crippen molar-refractivity contribution in [1.29, 1.82) is 0 Å². The zero-order valence-electron chi connectivity index (χ0n) is 14.7. The summed E-state index contributed by atoms with van der Waals surface area (Å²) in [5.74, 6) is 0.664. The quantitative estimate of drug-likeness (QED) is 0.635. The van der Waals surface area contributed by atoms with Crippen LogP contribution in [0.4, 0.5) is 10.2 Å². The molecule has 0 atom stereocenters. The molecule has 3 aromatic rings. The molecule has 0 saturated carbocycles. The van der Waals surface area contributed by atoms with Gasteiger partial charge in [0.25, 0.3) is 5.91 Å². The lowest BCUT2D eigenvalue weighted by Crippen LogP contribution is -2.13. The minimum Gasteiger partial charge on any atom is -0.493 e. The van der Waals surface area contributed by atoms with E-state index in [1.165, 1.54) is 20.3 Å². The van der Waals surface area contributed by atoms with Gasteiger partial charge in [0.1, 0.15) is 5.82 Å². The average Bonchev–Trinajstić information content (AvgIpc) is 3.01. The van der Waals surface area contributed by atoms with E-state index in [2.05, 4.69) is 26.3 Å². The molecule has 27 heavy (non-hydrogen) atoms. The number of benzene rings is 2. The summed E-state index contributed by atoms with van der Waals surface area (Å²) in [6.45, 7) is 0.248. The molecule has 1 amide bonds. The van der Waals surface area contributed by atoms with E-state index < -0.39 is 0 Å². The summed E-state index contributed by atoms with van der Waals surface area (Å²) in [4.78, 5) is 12.5. The van der Waals surface area contributed by atoms with Crippen LogP contribution in [0.2, 0.25) is 0 Å². The number of rotatable bonds is 6. The Labute approximate surface area is 164 Å². The van der Waals surface area contributed by atoms with Crippen LogP contribution >= 0.6 is 15.9 Å². The number of carbonyl (C=O) groups is 1. The monoisotopic (exact) mass is 433 g/mol. The van der Waals surface area contributed by atoms with Crippen LogP contribution in [0.5, 0.6) is 11.5 Å². The van der Waals surface area contributed by atoms with E-state index >= 15 is 0 Å². The number of hydrogen-bond acceptors (Lipinski definition) is 4. The Morgan fingerprint density at radius 3 is 2.63 bits per heavy atom. The minimum atomic E-state index is -0.354.